The normalized spacial score (nSPS) is 19.7. The number of carbonyl (C=O) groups excluding carboxylic acids is 2. The van der Waals surface area contributed by atoms with Gasteiger partial charge < -0.3 is 15.4 Å². The van der Waals surface area contributed by atoms with Gasteiger partial charge in [0.25, 0.3) is 0 Å². The minimum atomic E-state index is 0. The van der Waals surface area contributed by atoms with Gasteiger partial charge in [0.2, 0.25) is 5.91 Å². The first kappa shape index (κ1) is 20.5. The zero-order valence-corrected chi connectivity index (χ0v) is 15.2. The van der Waals surface area contributed by atoms with Crippen molar-refractivity contribution in [1.82, 2.24) is 4.90 Å². The van der Waals surface area contributed by atoms with Gasteiger partial charge in [0.15, 0.2) is 5.78 Å². The molecule has 1 fully saturated rings. The van der Waals surface area contributed by atoms with Gasteiger partial charge in [0.1, 0.15) is 5.75 Å². The Labute approximate surface area is 149 Å². The van der Waals surface area contributed by atoms with Crippen molar-refractivity contribution in [2.75, 3.05) is 26.7 Å². The molecule has 24 heavy (non-hydrogen) atoms. The van der Waals surface area contributed by atoms with Crippen molar-refractivity contribution in [2.45, 2.75) is 32.6 Å². The molecule has 0 aliphatic carbocycles. The number of likely N-dealkylation sites (tertiary alicyclic amines) is 1. The maximum Gasteiger partial charge on any atom is 0.222 e. The van der Waals surface area contributed by atoms with Crippen LogP contribution in [-0.2, 0) is 4.79 Å². The summed E-state index contributed by atoms with van der Waals surface area (Å²) in [5.74, 6) is 0.923. The van der Waals surface area contributed by atoms with Crippen molar-refractivity contribution >= 4 is 24.1 Å². The van der Waals surface area contributed by atoms with Gasteiger partial charge in [-0.25, -0.2) is 0 Å². The van der Waals surface area contributed by atoms with Gasteiger partial charge in [0.05, 0.1) is 7.11 Å². The molecule has 0 spiro atoms. The Hall–Kier alpha value is -1.59. The number of amides is 1. The summed E-state index contributed by atoms with van der Waals surface area (Å²) >= 11 is 0. The van der Waals surface area contributed by atoms with Gasteiger partial charge in [-0.3, -0.25) is 9.59 Å². The highest BCUT2D eigenvalue weighted by Crippen LogP contribution is 2.29. The Morgan fingerprint density at radius 2 is 1.92 bits per heavy atom. The van der Waals surface area contributed by atoms with E-state index in [-0.39, 0.29) is 29.5 Å². The monoisotopic (exact) mass is 354 g/mol. The van der Waals surface area contributed by atoms with E-state index in [1.807, 2.05) is 4.90 Å². The minimum Gasteiger partial charge on any atom is -0.497 e. The standard InChI is InChI=1S/C18H26N2O3.ClH/c1-18(12-19)10-11-20(13-18)17(22)5-3-4-16(21)14-6-8-15(23-2)9-7-14;/h6-9H,3-5,10-13,19H2,1-2H3;1H. The highest BCUT2D eigenvalue weighted by Gasteiger charge is 2.34. The first-order valence-electron chi connectivity index (χ1n) is 8.12. The predicted molar refractivity (Wildman–Crippen MR) is 96.8 cm³/mol. The molecule has 5 nitrogen and oxygen atoms in total. The topological polar surface area (TPSA) is 72.6 Å². The summed E-state index contributed by atoms with van der Waals surface area (Å²) in [6.45, 7) is 4.23. The number of ketones is 1. The summed E-state index contributed by atoms with van der Waals surface area (Å²) in [6, 6.07) is 7.07. The molecule has 1 heterocycles. The quantitative estimate of drug-likeness (QED) is 0.764. The molecule has 0 bridgehead atoms. The lowest BCUT2D eigenvalue weighted by Gasteiger charge is -2.22. The van der Waals surface area contributed by atoms with E-state index in [9.17, 15) is 9.59 Å². The van der Waals surface area contributed by atoms with Gasteiger partial charge in [-0.05, 0) is 49.1 Å². The molecule has 1 atom stereocenters. The molecule has 2 N–H and O–H groups in total. The van der Waals surface area contributed by atoms with Crippen LogP contribution < -0.4 is 10.5 Å². The molecule has 134 valence electrons. The molecule has 1 aromatic rings. The summed E-state index contributed by atoms with van der Waals surface area (Å²) < 4.78 is 5.07. The van der Waals surface area contributed by atoms with Crippen LogP contribution >= 0.6 is 12.4 Å². The molecule has 6 heteroatoms. The molecule has 1 aliphatic rings. The highest BCUT2D eigenvalue weighted by atomic mass is 35.5. The van der Waals surface area contributed by atoms with Crippen LogP contribution in [0.3, 0.4) is 0 Å². The summed E-state index contributed by atoms with van der Waals surface area (Å²) in [5.41, 5.74) is 6.48. The summed E-state index contributed by atoms with van der Waals surface area (Å²) in [5, 5.41) is 0. The lowest BCUT2D eigenvalue weighted by Crippen LogP contribution is -2.34. The Balaban J connectivity index is 0.00000288. The average molecular weight is 355 g/mol. The Morgan fingerprint density at radius 3 is 2.46 bits per heavy atom. The van der Waals surface area contributed by atoms with E-state index in [0.29, 0.717) is 31.4 Å². The van der Waals surface area contributed by atoms with E-state index in [4.69, 9.17) is 10.5 Å². The van der Waals surface area contributed by atoms with Crippen LogP contribution in [0.4, 0.5) is 0 Å². The fraction of sp³-hybridized carbons (Fsp3) is 0.556. The summed E-state index contributed by atoms with van der Waals surface area (Å²) in [6.07, 6.45) is 2.35. The predicted octanol–water partition coefficient (Wildman–Crippen LogP) is 2.67. The first-order valence-corrected chi connectivity index (χ1v) is 8.12. The molecule has 2 rings (SSSR count). The summed E-state index contributed by atoms with van der Waals surface area (Å²) in [7, 11) is 1.59. The number of rotatable bonds is 7. The third-order valence-electron chi connectivity index (χ3n) is 4.61. The van der Waals surface area contributed by atoms with Crippen molar-refractivity contribution in [3.8, 4) is 5.75 Å². The van der Waals surface area contributed by atoms with Gasteiger partial charge in [-0.1, -0.05) is 6.92 Å². The second kappa shape index (κ2) is 9.04. The number of nitrogens with zero attached hydrogens (tertiary/aromatic N) is 1. The molecule has 1 aliphatic heterocycles. The smallest absolute Gasteiger partial charge is 0.222 e. The number of methoxy groups -OCH3 is 1. The van der Waals surface area contributed by atoms with Crippen LogP contribution in [0.1, 0.15) is 43.0 Å². The van der Waals surface area contributed by atoms with Crippen LogP contribution in [0, 0.1) is 5.41 Å². The van der Waals surface area contributed by atoms with E-state index in [1.54, 1.807) is 31.4 Å². The number of nitrogens with two attached hydrogens (primary N) is 1. The molecular weight excluding hydrogens is 328 g/mol. The average Bonchev–Trinajstić information content (AvgIpc) is 2.98. The van der Waals surface area contributed by atoms with Crippen LogP contribution in [0.15, 0.2) is 24.3 Å². The van der Waals surface area contributed by atoms with Crippen molar-refractivity contribution in [2.24, 2.45) is 11.1 Å². The number of hydrogen-bond acceptors (Lipinski definition) is 4. The molecule has 0 radical (unpaired) electrons. The molecule has 1 amide bonds. The van der Waals surface area contributed by atoms with Gasteiger partial charge >= 0.3 is 0 Å². The van der Waals surface area contributed by atoms with Crippen molar-refractivity contribution in [1.29, 1.82) is 0 Å². The fourth-order valence-electron chi connectivity index (χ4n) is 2.88. The first-order chi connectivity index (χ1) is 11.0. The van der Waals surface area contributed by atoms with Crippen molar-refractivity contribution < 1.29 is 14.3 Å². The van der Waals surface area contributed by atoms with Gasteiger partial charge in [-0.2, -0.15) is 0 Å². The zero-order chi connectivity index (χ0) is 16.9. The van der Waals surface area contributed by atoms with Crippen LogP contribution in [0.25, 0.3) is 0 Å². The van der Waals surface area contributed by atoms with E-state index in [1.165, 1.54) is 0 Å². The zero-order valence-electron chi connectivity index (χ0n) is 14.4. The van der Waals surface area contributed by atoms with E-state index in [0.717, 1.165) is 25.3 Å². The third kappa shape index (κ3) is 5.21. The largest absolute Gasteiger partial charge is 0.497 e. The van der Waals surface area contributed by atoms with Gasteiger partial charge in [0, 0.05) is 31.5 Å². The molecule has 1 unspecified atom stereocenters. The van der Waals surface area contributed by atoms with Crippen LogP contribution in [-0.4, -0.2) is 43.3 Å². The number of ether oxygens (including phenoxy) is 1. The maximum absolute atomic E-state index is 12.2. The molecule has 0 aromatic heterocycles. The van der Waals surface area contributed by atoms with E-state index >= 15 is 0 Å². The number of hydrogen-bond donors (Lipinski definition) is 1. The summed E-state index contributed by atoms with van der Waals surface area (Å²) in [4.78, 5) is 26.2. The highest BCUT2D eigenvalue weighted by molar-refractivity contribution is 5.96. The number of benzene rings is 1. The Kier molecular flexibility index (Phi) is 7.70. The molecule has 1 saturated heterocycles. The van der Waals surface area contributed by atoms with E-state index in [2.05, 4.69) is 6.92 Å². The lowest BCUT2D eigenvalue weighted by atomic mass is 9.90. The SMILES string of the molecule is COc1ccc(C(=O)CCCC(=O)N2CCC(C)(CN)C2)cc1.Cl. The molecular formula is C18H27ClN2O3. The third-order valence-corrected chi connectivity index (χ3v) is 4.61. The molecule has 0 saturated carbocycles. The molecule has 1 aromatic carbocycles. The Bertz CT molecular complexity index is 562. The van der Waals surface area contributed by atoms with Crippen molar-refractivity contribution in [3.63, 3.8) is 0 Å². The van der Waals surface area contributed by atoms with Crippen LogP contribution in [0.5, 0.6) is 5.75 Å². The second-order valence-electron chi connectivity index (χ2n) is 6.59. The van der Waals surface area contributed by atoms with Crippen LogP contribution in [0.2, 0.25) is 0 Å². The Morgan fingerprint density at radius 1 is 1.25 bits per heavy atom. The minimum absolute atomic E-state index is 0. The van der Waals surface area contributed by atoms with Gasteiger partial charge in [-0.15, -0.1) is 12.4 Å². The van der Waals surface area contributed by atoms with E-state index < -0.39 is 0 Å². The number of Topliss-reactive ketones (excluding diaryl/α,β-unsaturated/α-hetero) is 1. The lowest BCUT2D eigenvalue weighted by molar-refractivity contribution is -0.130. The second-order valence-corrected chi connectivity index (χ2v) is 6.59. The maximum atomic E-state index is 12.2. The fourth-order valence-corrected chi connectivity index (χ4v) is 2.88. The number of carbonyl (C=O) groups is 2. The van der Waals surface area contributed by atoms with Crippen molar-refractivity contribution in [3.05, 3.63) is 29.8 Å². The number of halogens is 1.